The fraction of sp³-hybridized carbons (Fsp3) is 0.385. The Kier molecular flexibility index (Phi) is 5.26. The molecular weight excluding hydrogens is 204 g/mol. The molecule has 1 rings (SSSR count). The van der Waals surface area contributed by atoms with Gasteiger partial charge in [0.2, 0.25) is 0 Å². The van der Waals surface area contributed by atoms with Crippen LogP contribution in [0.25, 0.3) is 0 Å². The van der Waals surface area contributed by atoms with Crippen molar-refractivity contribution < 1.29 is 14.3 Å². The maximum absolute atomic E-state index is 11.4. The van der Waals surface area contributed by atoms with Gasteiger partial charge in [0.15, 0.2) is 0 Å². The van der Waals surface area contributed by atoms with Gasteiger partial charge in [0.25, 0.3) is 0 Å². The highest BCUT2D eigenvalue weighted by Crippen LogP contribution is 2.09. The van der Waals surface area contributed by atoms with Crippen LogP contribution in [-0.2, 0) is 16.0 Å². The van der Waals surface area contributed by atoms with E-state index in [9.17, 15) is 9.59 Å². The number of aldehydes is 1. The summed E-state index contributed by atoms with van der Waals surface area (Å²) in [5.74, 6) is -0.292. The van der Waals surface area contributed by atoms with E-state index in [1.54, 1.807) is 13.0 Å². The van der Waals surface area contributed by atoms with Gasteiger partial charge in [-0.05, 0) is 37.5 Å². The summed E-state index contributed by atoms with van der Waals surface area (Å²) in [5.41, 5.74) is 1.64. The van der Waals surface area contributed by atoms with Gasteiger partial charge in [-0.3, -0.25) is 0 Å². The van der Waals surface area contributed by atoms with Gasteiger partial charge in [-0.25, -0.2) is 4.79 Å². The maximum Gasteiger partial charge on any atom is 0.338 e. The molecule has 3 heteroatoms. The zero-order valence-corrected chi connectivity index (χ0v) is 9.44. The SMILES string of the molecule is CCOC(=O)c1cccc(CCCC=O)c1. The van der Waals surface area contributed by atoms with Crippen molar-refractivity contribution in [3.05, 3.63) is 35.4 Å². The number of unbranched alkanes of at least 4 members (excludes halogenated alkanes) is 1. The van der Waals surface area contributed by atoms with E-state index in [0.29, 0.717) is 18.6 Å². The molecule has 1 aromatic carbocycles. The van der Waals surface area contributed by atoms with E-state index in [0.717, 1.165) is 24.7 Å². The molecule has 0 saturated heterocycles. The molecule has 16 heavy (non-hydrogen) atoms. The van der Waals surface area contributed by atoms with E-state index in [-0.39, 0.29) is 5.97 Å². The normalized spacial score (nSPS) is 9.81. The number of aryl methyl sites for hydroxylation is 1. The molecule has 0 aliphatic carbocycles. The van der Waals surface area contributed by atoms with Crippen molar-refractivity contribution in [1.29, 1.82) is 0 Å². The lowest BCUT2D eigenvalue weighted by molar-refractivity contribution is -0.107. The average Bonchev–Trinajstić information content (AvgIpc) is 2.30. The summed E-state index contributed by atoms with van der Waals surface area (Å²) in [6, 6.07) is 7.35. The Labute approximate surface area is 95.4 Å². The van der Waals surface area contributed by atoms with Crippen LogP contribution in [0.2, 0.25) is 0 Å². The molecule has 0 heterocycles. The Balaban J connectivity index is 2.63. The van der Waals surface area contributed by atoms with E-state index < -0.39 is 0 Å². The van der Waals surface area contributed by atoms with Crippen LogP contribution in [0.3, 0.4) is 0 Å². The molecule has 0 aliphatic rings. The van der Waals surface area contributed by atoms with E-state index in [1.165, 1.54) is 0 Å². The molecule has 0 unspecified atom stereocenters. The summed E-state index contributed by atoms with van der Waals surface area (Å²) in [7, 11) is 0. The minimum Gasteiger partial charge on any atom is -0.462 e. The lowest BCUT2D eigenvalue weighted by atomic mass is 10.1. The van der Waals surface area contributed by atoms with Crippen LogP contribution in [-0.4, -0.2) is 18.9 Å². The first-order valence-electron chi connectivity index (χ1n) is 5.47. The smallest absolute Gasteiger partial charge is 0.338 e. The van der Waals surface area contributed by atoms with Crippen molar-refractivity contribution in [2.75, 3.05) is 6.61 Å². The van der Waals surface area contributed by atoms with Crippen molar-refractivity contribution in [2.24, 2.45) is 0 Å². The monoisotopic (exact) mass is 220 g/mol. The molecule has 3 nitrogen and oxygen atoms in total. The second-order valence-electron chi connectivity index (χ2n) is 3.48. The van der Waals surface area contributed by atoms with Crippen LogP contribution >= 0.6 is 0 Å². The summed E-state index contributed by atoms with van der Waals surface area (Å²) in [4.78, 5) is 21.6. The predicted molar refractivity (Wildman–Crippen MR) is 61.4 cm³/mol. The fourth-order valence-corrected chi connectivity index (χ4v) is 1.46. The fourth-order valence-electron chi connectivity index (χ4n) is 1.46. The summed E-state index contributed by atoms with van der Waals surface area (Å²) in [6.07, 6.45) is 3.10. The lowest BCUT2D eigenvalue weighted by Crippen LogP contribution is -2.04. The van der Waals surface area contributed by atoms with Gasteiger partial charge < -0.3 is 9.53 Å². The highest BCUT2D eigenvalue weighted by atomic mass is 16.5. The minimum atomic E-state index is -0.292. The third-order valence-corrected chi connectivity index (χ3v) is 2.23. The lowest BCUT2D eigenvalue weighted by Gasteiger charge is -2.04. The van der Waals surface area contributed by atoms with Crippen molar-refractivity contribution in [1.82, 2.24) is 0 Å². The van der Waals surface area contributed by atoms with Crippen LogP contribution in [0.4, 0.5) is 0 Å². The molecule has 0 aliphatic heterocycles. The van der Waals surface area contributed by atoms with Gasteiger partial charge in [0, 0.05) is 6.42 Å². The summed E-state index contributed by atoms with van der Waals surface area (Å²) in [5, 5.41) is 0. The molecule has 1 aromatic rings. The number of hydrogen-bond acceptors (Lipinski definition) is 3. The summed E-state index contributed by atoms with van der Waals surface area (Å²) < 4.78 is 4.91. The molecule has 0 radical (unpaired) electrons. The molecule has 0 aromatic heterocycles. The Hall–Kier alpha value is -1.64. The molecule has 0 amide bonds. The Morgan fingerprint density at radius 3 is 2.94 bits per heavy atom. The highest BCUT2D eigenvalue weighted by Gasteiger charge is 2.06. The molecule has 0 saturated carbocycles. The molecule has 86 valence electrons. The molecule has 0 atom stereocenters. The van der Waals surface area contributed by atoms with Gasteiger partial charge in [-0.1, -0.05) is 12.1 Å². The van der Waals surface area contributed by atoms with Crippen LogP contribution in [0.1, 0.15) is 35.7 Å². The summed E-state index contributed by atoms with van der Waals surface area (Å²) in [6.45, 7) is 2.17. The van der Waals surface area contributed by atoms with Gasteiger partial charge in [0.05, 0.1) is 12.2 Å². The predicted octanol–water partition coefficient (Wildman–Crippen LogP) is 2.38. The van der Waals surface area contributed by atoms with Crippen LogP contribution in [0.15, 0.2) is 24.3 Å². The first kappa shape index (κ1) is 12.4. The van der Waals surface area contributed by atoms with Crippen LogP contribution in [0.5, 0.6) is 0 Å². The topological polar surface area (TPSA) is 43.4 Å². The van der Waals surface area contributed by atoms with Crippen molar-refractivity contribution in [2.45, 2.75) is 26.2 Å². The maximum atomic E-state index is 11.4. The number of hydrogen-bond donors (Lipinski definition) is 0. The second kappa shape index (κ2) is 6.77. The number of esters is 1. The Bertz CT molecular complexity index is 358. The van der Waals surface area contributed by atoms with Crippen molar-refractivity contribution >= 4 is 12.3 Å². The molecule has 0 bridgehead atoms. The van der Waals surface area contributed by atoms with E-state index in [4.69, 9.17) is 4.74 Å². The average molecular weight is 220 g/mol. The first-order valence-corrected chi connectivity index (χ1v) is 5.47. The molecular formula is C13H16O3. The number of ether oxygens (including phenoxy) is 1. The second-order valence-corrected chi connectivity index (χ2v) is 3.48. The van der Waals surface area contributed by atoms with Gasteiger partial charge in [-0.2, -0.15) is 0 Å². The number of benzene rings is 1. The van der Waals surface area contributed by atoms with E-state index in [1.807, 2.05) is 18.2 Å². The Morgan fingerprint density at radius 1 is 1.44 bits per heavy atom. The molecule has 0 fully saturated rings. The zero-order chi connectivity index (χ0) is 11.8. The van der Waals surface area contributed by atoms with E-state index in [2.05, 4.69) is 0 Å². The van der Waals surface area contributed by atoms with Gasteiger partial charge >= 0.3 is 5.97 Å². The summed E-state index contributed by atoms with van der Waals surface area (Å²) >= 11 is 0. The zero-order valence-electron chi connectivity index (χ0n) is 9.44. The van der Waals surface area contributed by atoms with Gasteiger partial charge in [-0.15, -0.1) is 0 Å². The minimum absolute atomic E-state index is 0.292. The van der Waals surface area contributed by atoms with Crippen LogP contribution < -0.4 is 0 Å². The first-order chi connectivity index (χ1) is 7.77. The molecule has 0 spiro atoms. The van der Waals surface area contributed by atoms with Crippen LogP contribution in [0, 0.1) is 0 Å². The Morgan fingerprint density at radius 2 is 2.25 bits per heavy atom. The van der Waals surface area contributed by atoms with Crippen molar-refractivity contribution in [3.8, 4) is 0 Å². The third-order valence-electron chi connectivity index (χ3n) is 2.23. The van der Waals surface area contributed by atoms with Crippen molar-refractivity contribution in [3.63, 3.8) is 0 Å². The number of carbonyl (C=O) groups is 2. The number of rotatable bonds is 6. The molecule has 0 N–H and O–H groups in total. The third kappa shape index (κ3) is 3.85. The highest BCUT2D eigenvalue weighted by molar-refractivity contribution is 5.89. The standard InChI is InChI=1S/C13H16O3/c1-2-16-13(15)12-8-5-7-11(10-12)6-3-4-9-14/h5,7-10H,2-4,6H2,1H3. The largest absolute Gasteiger partial charge is 0.462 e. The van der Waals surface area contributed by atoms with E-state index >= 15 is 0 Å². The van der Waals surface area contributed by atoms with Gasteiger partial charge in [0.1, 0.15) is 6.29 Å². The number of carbonyl (C=O) groups excluding carboxylic acids is 2. The quantitative estimate of drug-likeness (QED) is 0.420.